The largest absolute Gasteiger partial charge is 0.350 e. The second-order valence-electron chi connectivity index (χ2n) is 6.64. The standard InChI is InChI=1S/C16H19F2N3O3S/c1-16(5-8-25(23,24)10-16)20-13(22)4-7-21-12(14(17)18)9-11-3-2-6-19-15(11)21/h2-3,6,9,14H,4-5,7-8,10H2,1H3,(H,20,22). The highest BCUT2D eigenvalue weighted by molar-refractivity contribution is 7.91. The van der Waals surface area contributed by atoms with Gasteiger partial charge >= 0.3 is 0 Å². The number of alkyl halides is 2. The van der Waals surface area contributed by atoms with Crippen molar-refractivity contribution in [2.45, 2.75) is 38.3 Å². The first-order valence-corrected chi connectivity index (χ1v) is 9.75. The zero-order valence-corrected chi connectivity index (χ0v) is 14.5. The van der Waals surface area contributed by atoms with E-state index in [1.807, 2.05) is 0 Å². The number of nitrogens with one attached hydrogen (secondary N) is 1. The molecular formula is C16H19F2N3O3S. The molecule has 0 aliphatic carbocycles. The quantitative estimate of drug-likeness (QED) is 0.872. The van der Waals surface area contributed by atoms with E-state index in [1.54, 1.807) is 19.1 Å². The number of carbonyl (C=O) groups is 1. The molecule has 136 valence electrons. The highest BCUT2D eigenvalue weighted by Gasteiger charge is 2.39. The van der Waals surface area contributed by atoms with Gasteiger partial charge in [-0.05, 0) is 31.5 Å². The Morgan fingerprint density at radius 3 is 2.88 bits per heavy atom. The third-order valence-corrected chi connectivity index (χ3v) is 6.32. The first kappa shape index (κ1) is 17.8. The monoisotopic (exact) mass is 371 g/mol. The van der Waals surface area contributed by atoms with Crippen molar-refractivity contribution in [2.24, 2.45) is 0 Å². The Labute approximate surface area is 144 Å². The number of hydrogen-bond donors (Lipinski definition) is 1. The van der Waals surface area contributed by atoms with Crippen LogP contribution in [0.5, 0.6) is 0 Å². The summed E-state index contributed by atoms with van der Waals surface area (Å²) in [7, 11) is -3.13. The first-order chi connectivity index (χ1) is 11.7. The fraction of sp³-hybridized carbons (Fsp3) is 0.500. The van der Waals surface area contributed by atoms with Crippen LogP contribution in [-0.2, 0) is 21.2 Å². The topological polar surface area (TPSA) is 81.1 Å². The summed E-state index contributed by atoms with van der Waals surface area (Å²) in [5.41, 5.74) is -0.574. The maximum Gasteiger partial charge on any atom is 0.278 e. The second-order valence-corrected chi connectivity index (χ2v) is 8.82. The molecule has 25 heavy (non-hydrogen) atoms. The lowest BCUT2D eigenvalue weighted by Crippen LogP contribution is -2.47. The molecule has 1 atom stereocenters. The lowest BCUT2D eigenvalue weighted by atomic mass is 10.0. The third kappa shape index (κ3) is 3.81. The maximum absolute atomic E-state index is 13.2. The molecule has 0 saturated carbocycles. The minimum Gasteiger partial charge on any atom is -0.350 e. The number of hydrogen-bond acceptors (Lipinski definition) is 4. The van der Waals surface area contributed by atoms with Gasteiger partial charge in [0.15, 0.2) is 9.84 Å². The minimum absolute atomic E-state index is 0.0320. The second kappa shape index (κ2) is 6.36. The Kier molecular flexibility index (Phi) is 4.52. The van der Waals surface area contributed by atoms with Gasteiger partial charge in [-0.25, -0.2) is 22.2 Å². The number of rotatable bonds is 5. The Bertz CT molecular complexity index is 910. The summed E-state index contributed by atoms with van der Waals surface area (Å²) < 4.78 is 51.0. The van der Waals surface area contributed by atoms with Crippen LogP contribution in [0.15, 0.2) is 24.4 Å². The predicted molar refractivity (Wildman–Crippen MR) is 89.1 cm³/mol. The van der Waals surface area contributed by atoms with E-state index >= 15 is 0 Å². The highest BCUT2D eigenvalue weighted by Crippen LogP contribution is 2.27. The fourth-order valence-corrected chi connectivity index (χ4v) is 5.34. The molecule has 2 aromatic heterocycles. The number of aryl methyl sites for hydroxylation is 1. The number of nitrogens with zero attached hydrogens (tertiary/aromatic N) is 2. The molecule has 0 spiro atoms. The summed E-state index contributed by atoms with van der Waals surface area (Å²) in [6.45, 7) is 1.74. The van der Waals surface area contributed by atoms with Gasteiger partial charge in [0.25, 0.3) is 6.43 Å². The Morgan fingerprint density at radius 2 is 2.24 bits per heavy atom. The third-order valence-electron chi connectivity index (χ3n) is 4.42. The van der Waals surface area contributed by atoms with Crippen LogP contribution in [0.25, 0.3) is 11.0 Å². The van der Waals surface area contributed by atoms with Crippen LogP contribution < -0.4 is 5.32 Å². The van der Waals surface area contributed by atoms with Gasteiger partial charge in [-0.3, -0.25) is 4.79 Å². The van der Waals surface area contributed by atoms with Crippen LogP contribution in [0.3, 0.4) is 0 Å². The van der Waals surface area contributed by atoms with Crippen molar-refractivity contribution < 1.29 is 22.0 Å². The van der Waals surface area contributed by atoms with Gasteiger partial charge in [-0.15, -0.1) is 0 Å². The van der Waals surface area contributed by atoms with Crippen LogP contribution in [0.1, 0.15) is 31.9 Å². The van der Waals surface area contributed by atoms with Crippen molar-refractivity contribution >= 4 is 26.8 Å². The smallest absolute Gasteiger partial charge is 0.278 e. The van der Waals surface area contributed by atoms with E-state index in [2.05, 4.69) is 10.3 Å². The van der Waals surface area contributed by atoms with Gasteiger partial charge in [-0.1, -0.05) is 0 Å². The van der Waals surface area contributed by atoms with Crippen LogP contribution in [0.2, 0.25) is 0 Å². The van der Waals surface area contributed by atoms with Gasteiger partial charge in [0.1, 0.15) is 5.65 Å². The molecule has 9 heteroatoms. The molecular weight excluding hydrogens is 352 g/mol. The van der Waals surface area contributed by atoms with Crippen LogP contribution in [0.4, 0.5) is 8.78 Å². The average Bonchev–Trinajstić information content (AvgIpc) is 3.02. The first-order valence-electron chi connectivity index (χ1n) is 7.93. The van der Waals surface area contributed by atoms with Crippen molar-refractivity contribution in [2.75, 3.05) is 11.5 Å². The Hall–Kier alpha value is -2.03. The molecule has 0 radical (unpaired) electrons. The summed E-state index contributed by atoms with van der Waals surface area (Å²) in [4.78, 5) is 16.3. The normalized spacial score (nSPS) is 22.6. The predicted octanol–water partition coefficient (Wildman–Crippen LogP) is 2.06. The lowest BCUT2D eigenvalue weighted by molar-refractivity contribution is -0.122. The Morgan fingerprint density at radius 1 is 1.48 bits per heavy atom. The Balaban J connectivity index is 1.72. The van der Waals surface area contributed by atoms with Gasteiger partial charge in [0.2, 0.25) is 5.91 Å². The van der Waals surface area contributed by atoms with E-state index in [-0.39, 0.29) is 36.1 Å². The van der Waals surface area contributed by atoms with E-state index in [0.717, 1.165) is 0 Å². The van der Waals surface area contributed by atoms with E-state index in [0.29, 0.717) is 17.5 Å². The summed E-state index contributed by atoms with van der Waals surface area (Å²) in [5.74, 6) is -0.411. The summed E-state index contributed by atoms with van der Waals surface area (Å²) in [6.07, 6.45) is -0.833. The number of sulfone groups is 1. The maximum atomic E-state index is 13.2. The molecule has 0 bridgehead atoms. The van der Waals surface area contributed by atoms with Gasteiger partial charge in [0, 0.05) is 24.5 Å². The molecule has 1 N–H and O–H groups in total. The van der Waals surface area contributed by atoms with Gasteiger partial charge in [0.05, 0.1) is 22.7 Å². The van der Waals surface area contributed by atoms with E-state index in [4.69, 9.17) is 0 Å². The molecule has 0 aromatic carbocycles. The molecule has 1 fully saturated rings. The molecule has 1 aliphatic heterocycles. The average molecular weight is 371 g/mol. The molecule has 1 unspecified atom stereocenters. The van der Waals surface area contributed by atoms with E-state index in [9.17, 15) is 22.0 Å². The molecule has 3 rings (SSSR count). The fourth-order valence-electron chi connectivity index (χ4n) is 3.24. The number of pyridine rings is 1. The number of halogens is 2. The molecule has 6 nitrogen and oxygen atoms in total. The summed E-state index contributed by atoms with van der Waals surface area (Å²) in [5, 5.41) is 3.32. The summed E-state index contributed by atoms with van der Waals surface area (Å²) >= 11 is 0. The van der Waals surface area contributed by atoms with Crippen LogP contribution >= 0.6 is 0 Å². The van der Waals surface area contributed by atoms with E-state index in [1.165, 1.54) is 16.8 Å². The molecule has 2 aromatic rings. The van der Waals surface area contributed by atoms with E-state index < -0.39 is 21.8 Å². The van der Waals surface area contributed by atoms with Gasteiger partial charge in [-0.2, -0.15) is 0 Å². The van der Waals surface area contributed by atoms with Crippen LogP contribution in [0, 0.1) is 0 Å². The van der Waals surface area contributed by atoms with Crippen molar-refractivity contribution in [3.8, 4) is 0 Å². The van der Waals surface area contributed by atoms with Crippen molar-refractivity contribution in [3.63, 3.8) is 0 Å². The molecule has 1 aliphatic rings. The molecule has 1 amide bonds. The number of carbonyl (C=O) groups excluding carboxylic acids is 1. The molecule has 1 saturated heterocycles. The lowest BCUT2D eigenvalue weighted by Gasteiger charge is -2.24. The van der Waals surface area contributed by atoms with Crippen LogP contribution in [-0.4, -0.2) is 40.9 Å². The molecule has 3 heterocycles. The SMILES string of the molecule is CC1(NC(=O)CCn2c(C(F)F)cc3cccnc32)CCS(=O)(=O)C1. The van der Waals surface area contributed by atoms with Crippen molar-refractivity contribution in [1.82, 2.24) is 14.9 Å². The highest BCUT2D eigenvalue weighted by atomic mass is 32.2. The van der Waals surface area contributed by atoms with Crippen molar-refractivity contribution in [3.05, 3.63) is 30.1 Å². The zero-order valence-electron chi connectivity index (χ0n) is 13.7. The van der Waals surface area contributed by atoms with Crippen molar-refractivity contribution in [1.29, 1.82) is 0 Å². The number of amides is 1. The zero-order chi connectivity index (χ0) is 18.2. The number of fused-ring (bicyclic) bond motifs is 1. The summed E-state index contributed by atoms with van der Waals surface area (Å²) in [6, 6.07) is 4.72. The number of aromatic nitrogens is 2. The van der Waals surface area contributed by atoms with Gasteiger partial charge < -0.3 is 9.88 Å². The minimum atomic E-state index is -3.13.